The number of pyridine rings is 1. The average Bonchev–Trinajstić information content (AvgIpc) is 3.46. The highest BCUT2D eigenvalue weighted by molar-refractivity contribution is 6.76. The van der Waals surface area contributed by atoms with Gasteiger partial charge in [-0.3, -0.25) is 4.79 Å². The van der Waals surface area contributed by atoms with E-state index in [1.165, 1.54) is 0 Å². The largest absolute Gasteiger partial charge is 0.361 e. The average molecular weight is 590 g/mol. The van der Waals surface area contributed by atoms with Crippen LogP contribution in [-0.4, -0.2) is 44.9 Å². The van der Waals surface area contributed by atoms with Gasteiger partial charge in [0, 0.05) is 40.0 Å². The molecule has 11 heteroatoms. The number of benzene rings is 1. The van der Waals surface area contributed by atoms with E-state index in [0.717, 1.165) is 41.4 Å². The Bertz CT molecular complexity index is 1630. The van der Waals surface area contributed by atoms with Gasteiger partial charge in [0.1, 0.15) is 24.6 Å². The van der Waals surface area contributed by atoms with Crippen LogP contribution in [0.3, 0.4) is 0 Å². The molecule has 1 aliphatic rings. The van der Waals surface area contributed by atoms with Crippen molar-refractivity contribution in [2.75, 3.05) is 11.9 Å². The van der Waals surface area contributed by atoms with Gasteiger partial charge >= 0.3 is 0 Å². The van der Waals surface area contributed by atoms with Gasteiger partial charge in [-0.15, -0.1) is 10.2 Å². The monoisotopic (exact) mass is 589 g/mol. The van der Waals surface area contributed by atoms with Gasteiger partial charge in [-0.25, -0.2) is 4.98 Å². The molecule has 5 rings (SSSR count). The highest BCUT2D eigenvalue weighted by atomic mass is 35.5. The number of aryl methyl sites for hydroxylation is 2. The quantitative estimate of drug-likeness (QED) is 0.172. The van der Waals surface area contributed by atoms with Gasteiger partial charge in [0.2, 0.25) is 0 Å². The summed E-state index contributed by atoms with van der Waals surface area (Å²) in [6.07, 6.45) is 5.78. The number of carbonyl (C=O) groups is 1. The molecule has 4 aromatic rings. The van der Waals surface area contributed by atoms with Crippen LogP contribution in [-0.2, 0) is 23.9 Å². The number of rotatable bonds is 10. The van der Waals surface area contributed by atoms with E-state index >= 15 is 0 Å². The SMILES string of the molecule is Cc1cn(COCC[Si](C)(C)C)c2c(Cl)cc(C(=O)Nc3cccc(C4(c5nncn5C)CC(CC#N)C4)c3)nc12. The van der Waals surface area contributed by atoms with Crippen molar-refractivity contribution in [1.82, 2.24) is 24.3 Å². The van der Waals surface area contributed by atoms with Gasteiger partial charge in [-0.2, -0.15) is 5.26 Å². The number of nitrogens with zero attached hydrogens (tertiary/aromatic N) is 6. The van der Waals surface area contributed by atoms with Gasteiger partial charge in [-0.05, 0) is 61.1 Å². The van der Waals surface area contributed by atoms with Gasteiger partial charge in [-0.1, -0.05) is 43.4 Å². The number of hydrogen-bond donors (Lipinski definition) is 1. The first kappa shape index (κ1) is 29.0. The highest BCUT2D eigenvalue weighted by Crippen LogP contribution is 2.53. The minimum absolute atomic E-state index is 0.245. The number of hydrogen-bond acceptors (Lipinski definition) is 6. The zero-order chi connectivity index (χ0) is 29.4. The third-order valence-corrected chi connectivity index (χ3v) is 9.87. The van der Waals surface area contributed by atoms with Crippen molar-refractivity contribution in [3.63, 3.8) is 0 Å². The molecule has 0 saturated heterocycles. The molecule has 214 valence electrons. The van der Waals surface area contributed by atoms with Crippen LogP contribution in [0.5, 0.6) is 0 Å². The maximum atomic E-state index is 13.4. The second-order valence-electron chi connectivity index (χ2n) is 12.3. The second-order valence-corrected chi connectivity index (χ2v) is 18.4. The van der Waals surface area contributed by atoms with Crippen molar-refractivity contribution >= 4 is 42.3 Å². The predicted octanol–water partition coefficient (Wildman–Crippen LogP) is 6.30. The molecule has 1 aliphatic carbocycles. The van der Waals surface area contributed by atoms with E-state index in [-0.39, 0.29) is 17.0 Å². The van der Waals surface area contributed by atoms with Crippen LogP contribution in [0, 0.1) is 24.2 Å². The first-order valence-electron chi connectivity index (χ1n) is 13.9. The fraction of sp³-hybridized carbons (Fsp3) is 0.433. The van der Waals surface area contributed by atoms with Crippen LogP contribution in [0.15, 0.2) is 42.9 Å². The van der Waals surface area contributed by atoms with Gasteiger partial charge in [0.05, 0.1) is 27.5 Å². The van der Waals surface area contributed by atoms with Crippen molar-refractivity contribution in [3.05, 3.63) is 70.5 Å². The molecule has 0 bridgehead atoms. The van der Waals surface area contributed by atoms with E-state index in [9.17, 15) is 10.1 Å². The number of anilines is 1. The lowest BCUT2D eigenvalue weighted by Crippen LogP contribution is -2.44. The van der Waals surface area contributed by atoms with Crippen LogP contribution in [0.4, 0.5) is 5.69 Å². The van der Waals surface area contributed by atoms with E-state index in [4.69, 9.17) is 16.3 Å². The van der Waals surface area contributed by atoms with Gasteiger partial charge < -0.3 is 19.2 Å². The molecule has 0 spiro atoms. The smallest absolute Gasteiger partial charge is 0.274 e. The summed E-state index contributed by atoms with van der Waals surface area (Å²) in [5.41, 5.74) is 3.95. The number of nitriles is 1. The molecule has 1 amide bonds. The molecule has 3 heterocycles. The first-order valence-corrected chi connectivity index (χ1v) is 18.0. The second kappa shape index (κ2) is 11.4. The molecule has 41 heavy (non-hydrogen) atoms. The summed E-state index contributed by atoms with van der Waals surface area (Å²) in [4.78, 5) is 18.1. The van der Waals surface area contributed by atoms with E-state index in [0.29, 0.717) is 41.9 Å². The minimum atomic E-state index is -1.18. The molecule has 0 atom stereocenters. The number of amides is 1. The third kappa shape index (κ3) is 5.93. The van der Waals surface area contributed by atoms with Crippen LogP contribution in [0.1, 0.15) is 46.7 Å². The normalized spacial score (nSPS) is 18.7. The Morgan fingerprint density at radius 1 is 1.29 bits per heavy atom. The van der Waals surface area contributed by atoms with Gasteiger partial charge in [0.15, 0.2) is 0 Å². The maximum Gasteiger partial charge on any atom is 0.274 e. The van der Waals surface area contributed by atoms with Crippen LogP contribution in [0.25, 0.3) is 11.0 Å². The van der Waals surface area contributed by atoms with E-state index < -0.39 is 8.07 Å². The molecule has 9 nitrogen and oxygen atoms in total. The fourth-order valence-electron chi connectivity index (χ4n) is 5.73. The minimum Gasteiger partial charge on any atom is -0.361 e. The fourth-order valence-corrected chi connectivity index (χ4v) is 6.79. The number of aromatic nitrogens is 5. The molecule has 1 aromatic carbocycles. The molecule has 0 radical (unpaired) electrons. The van der Waals surface area contributed by atoms with Crippen molar-refractivity contribution < 1.29 is 9.53 Å². The number of carbonyl (C=O) groups excluding carboxylic acids is 1. The third-order valence-electron chi connectivity index (χ3n) is 7.88. The lowest BCUT2D eigenvalue weighted by molar-refractivity contribution is 0.0902. The summed E-state index contributed by atoms with van der Waals surface area (Å²) in [6, 6.07) is 12.8. The molecule has 1 saturated carbocycles. The van der Waals surface area contributed by atoms with Gasteiger partial charge in [0.25, 0.3) is 5.91 Å². The Balaban J connectivity index is 1.36. The maximum absolute atomic E-state index is 13.4. The van der Waals surface area contributed by atoms with Crippen molar-refractivity contribution in [3.8, 4) is 6.07 Å². The zero-order valence-corrected chi connectivity index (χ0v) is 26.0. The van der Waals surface area contributed by atoms with Crippen molar-refractivity contribution in [2.45, 2.75) is 64.0 Å². The zero-order valence-electron chi connectivity index (χ0n) is 24.2. The summed E-state index contributed by atoms with van der Waals surface area (Å²) >= 11 is 6.71. The summed E-state index contributed by atoms with van der Waals surface area (Å²) in [5, 5.41) is 21.2. The van der Waals surface area contributed by atoms with Crippen LogP contribution >= 0.6 is 11.6 Å². The standard InChI is InChI=1S/C30H36ClN7O2Si/c1-20-17-38(19-40-11-12-41(3,4)5)27-24(31)14-25(35-26(20)27)28(39)34-23-8-6-7-22(13-23)30(15-21(16-30)9-10-32)29-36-33-18-37(29)2/h6-8,13-14,17-18,21H,9,11-12,15-16,19H2,1-5H3,(H,34,39). The Hall–Kier alpha value is -3.52. The van der Waals surface area contributed by atoms with Crippen molar-refractivity contribution in [1.29, 1.82) is 5.26 Å². The summed E-state index contributed by atoms with van der Waals surface area (Å²) in [5.74, 6) is 0.820. The summed E-state index contributed by atoms with van der Waals surface area (Å²) < 4.78 is 9.83. The summed E-state index contributed by atoms with van der Waals surface area (Å²) in [6.45, 7) is 10.0. The lowest BCUT2D eigenvalue weighted by atomic mass is 9.57. The Morgan fingerprint density at radius 2 is 2.07 bits per heavy atom. The molecule has 0 unspecified atom stereocenters. The molecule has 1 fully saturated rings. The number of ether oxygens (including phenoxy) is 1. The molecule has 1 N–H and O–H groups in total. The van der Waals surface area contributed by atoms with E-state index in [2.05, 4.69) is 46.2 Å². The van der Waals surface area contributed by atoms with Crippen LogP contribution in [0.2, 0.25) is 30.7 Å². The molecule has 0 aliphatic heterocycles. The Labute approximate surface area is 246 Å². The Morgan fingerprint density at radius 3 is 2.76 bits per heavy atom. The topological polar surface area (TPSA) is 111 Å². The summed E-state index contributed by atoms with van der Waals surface area (Å²) in [7, 11) is 0.752. The number of fused-ring (bicyclic) bond motifs is 1. The Kier molecular flexibility index (Phi) is 8.06. The van der Waals surface area contributed by atoms with Crippen molar-refractivity contribution in [2.24, 2.45) is 13.0 Å². The predicted molar refractivity (Wildman–Crippen MR) is 163 cm³/mol. The number of nitrogens with one attached hydrogen (secondary N) is 1. The first-order chi connectivity index (χ1) is 19.5. The number of halogens is 1. The lowest BCUT2D eigenvalue weighted by Gasteiger charge is -2.46. The highest BCUT2D eigenvalue weighted by Gasteiger charge is 2.49. The van der Waals surface area contributed by atoms with E-state index in [1.54, 1.807) is 12.4 Å². The molecular weight excluding hydrogens is 554 g/mol. The van der Waals surface area contributed by atoms with Crippen LogP contribution < -0.4 is 5.32 Å². The molecule has 3 aromatic heterocycles. The molecular formula is C30H36ClN7O2Si. The van der Waals surface area contributed by atoms with E-state index in [1.807, 2.05) is 53.6 Å².